The Labute approximate surface area is 121 Å². The van der Waals surface area contributed by atoms with Gasteiger partial charge in [0.2, 0.25) is 0 Å². The molecule has 18 heavy (non-hydrogen) atoms. The lowest BCUT2D eigenvalue weighted by atomic mass is 10.0. The highest BCUT2D eigenvalue weighted by molar-refractivity contribution is 7.20. The van der Waals surface area contributed by atoms with Crippen molar-refractivity contribution in [3.8, 4) is 0 Å². The Morgan fingerprint density at radius 1 is 1.44 bits per heavy atom. The normalized spacial score (nSPS) is 12.6. The molecule has 2 heterocycles. The minimum Gasteiger partial charge on any atom is -0.306 e. The Bertz CT molecular complexity index is 499. The monoisotopic (exact) mass is 300 g/mol. The first kappa shape index (κ1) is 13.8. The smallest absolute Gasteiger partial charge is 0.0995 e. The fraction of sp³-hybridized carbons (Fsp3) is 0.308. The molecule has 1 N–H and O–H groups in total. The quantitative estimate of drug-likeness (QED) is 0.877. The van der Waals surface area contributed by atoms with E-state index >= 15 is 0 Å². The molecule has 5 heteroatoms. The number of halogens is 2. The van der Waals surface area contributed by atoms with Crippen molar-refractivity contribution >= 4 is 34.5 Å². The SMILES string of the molecule is CCCNC(c1cccnc1)c1cc(Cl)sc1Cl. The van der Waals surface area contributed by atoms with Gasteiger partial charge < -0.3 is 5.32 Å². The van der Waals surface area contributed by atoms with E-state index in [1.165, 1.54) is 11.3 Å². The summed E-state index contributed by atoms with van der Waals surface area (Å²) >= 11 is 13.7. The van der Waals surface area contributed by atoms with E-state index in [1.54, 1.807) is 6.20 Å². The molecule has 0 saturated heterocycles. The summed E-state index contributed by atoms with van der Waals surface area (Å²) in [7, 11) is 0. The van der Waals surface area contributed by atoms with Crippen LogP contribution in [0.15, 0.2) is 30.6 Å². The van der Waals surface area contributed by atoms with Crippen molar-refractivity contribution in [2.75, 3.05) is 6.54 Å². The molecule has 96 valence electrons. The van der Waals surface area contributed by atoms with E-state index in [4.69, 9.17) is 23.2 Å². The Hall–Kier alpha value is -0.610. The van der Waals surface area contributed by atoms with Crippen molar-refractivity contribution in [2.45, 2.75) is 19.4 Å². The molecule has 0 bridgehead atoms. The van der Waals surface area contributed by atoms with Gasteiger partial charge in [-0.1, -0.05) is 36.2 Å². The highest BCUT2D eigenvalue weighted by Crippen LogP contribution is 2.37. The van der Waals surface area contributed by atoms with Gasteiger partial charge in [-0.3, -0.25) is 4.98 Å². The first-order chi connectivity index (χ1) is 8.72. The summed E-state index contributed by atoms with van der Waals surface area (Å²) in [4.78, 5) is 4.16. The third kappa shape index (κ3) is 3.23. The van der Waals surface area contributed by atoms with Crippen LogP contribution >= 0.6 is 34.5 Å². The van der Waals surface area contributed by atoms with E-state index in [-0.39, 0.29) is 6.04 Å². The van der Waals surface area contributed by atoms with E-state index in [0.717, 1.165) is 28.4 Å². The highest BCUT2D eigenvalue weighted by Gasteiger charge is 2.18. The van der Waals surface area contributed by atoms with E-state index in [2.05, 4.69) is 17.2 Å². The summed E-state index contributed by atoms with van der Waals surface area (Å²) in [6.07, 6.45) is 4.68. The van der Waals surface area contributed by atoms with Crippen LogP contribution in [0.3, 0.4) is 0 Å². The second kappa shape index (κ2) is 6.53. The number of nitrogens with zero attached hydrogens (tertiary/aromatic N) is 1. The van der Waals surface area contributed by atoms with Crippen molar-refractivity contribution in [2.24, 2.45) is 0 Å². The van der Waals surface area contributed by atoms with E-state index < -0.39 is 0 Å². The molecule has 2 aromatic heterocycles. The number of aromatic nitrogens is 1. The summed E-state index contributed by atoms with van der Waals surface area (Å²) in [5.41, 5.74) is 2.12. The molecule has 2 nitrogen and oxygen atoms in total. The molecule has 2 rings (SSSR count). The van der Waals surface area contributed by atoms with Crippen molar-refractivity contribution in [3.05, 3.63) is 50.4 Å². The number of thiophene rings is 1. The van der Waals surface area contributed by atoms with Crippen LogP contribution in [-0.2, 0) is 0 Å². The van der Waals surface area contributed by atoms with Crippen LogP contribution < -0.4 is 5.32 Å². The first-order valence-corrected chi connectivity index (χ1v) is 7.37. The average Bonchev–Trinajstić information content (AvgIpc) is 2.70. The largest absolute Gasteiger partial charge is 0.306 e. The number of hydrogen-bond donors (Lipinski definition) is 1. The molecular formula is C13H14Cl2N2S. The average molecular weight is 301 g/mol. The lowest BCUT2D eigenvalue weighted by Crippen LogP contribution is -2.23. The molecule has 1 atom stereocenters. The van der Waals surface area contributed by atoms with Gasteiger partial charge in [-0.2, -0.15) is 0 Å². The lowest BCUT2D eigenvalue weighted by Gasteiger charge is -2.18. The second-order valence-corrected chi connectivity index (χ2v) is 6.24. The summed E-state index contributed by atoms with van der Waals surface area (Å²) in [5.74, 6) is 0. The van der Waals surface area contributed by atoms with Crippen molar-refractivity contribution in [3.63, 3.8) is 0 Å². The van der Waals surface area contributed by atoms with Gasteiger partial charge in [-0.25, -0.2) is 0 Å². The fourth-order valence-electron chi connectivity index (χ4n) is 1.79. The third-order valence-electron chi connectivity index (χ3n) is 2.61. The number of nitrogens with one attached hydrogen (secondary N) is 1. The molecule has 1 unspecified atom stereocenters. The topological polar surface area (TPSA) is 24.9 Å². The second-order valence-electron chi connectivity index (χ2n) is 3.95. The van der Waals surface area contributed by atoms with E-state index in [9.17, 15) is 0 Å². The zero-order chi connectivity index (χ0) is 13.0. The number of pyridine rings is 1. The van der Waals surface area contributed by atoms with Crippen LogP contribution in [0.1, 0.15) is 30.5 Å². The first-order valence-electron chi connectivity index (χ1n) is 5.80. The third-order valence-corrected chi connectivity index (χ3v) is 4.13. The van der Waals surface area contributed by atoms with Crippen molar-refractivity contribution < 1.29 is 0 Å². The van der Waals surface area contributed by atoms with Gasteiger partial charge in [-0.15, -0.1) is 11.3 Å². The van der Waals surface area contributed by atoms with Crippen LogP contribution in [0.2, 0.25) is 8.67 Å². The maximum atomic E-state index is 6.24. The number of hydrogen-bond acceptors (Lipinski definition) is 3. The molecule has 0 aliphatic rings. The Morgan fingerprint density at radius 3 is 2.83 bits per heavy atom. The fourth-order valence-corrected chi connectivity index (χ4v) is 3.32. The van der Waals surface area contributed by atoms with Crippen LogP contribution in [0.5, 0.6) is 0 Å². The molecule has 0 amide bonds. The standard InChI is InChI=1S/C13H14Cl2N2S/c1-2-5-17-12(9-4-3-6-16-8-9)10-7-11(14)18-13(10)15/h3-4,6-8,12,17H,2,5H2,1H3. The summed E-state index contributed by atoms with van der Waals surface area (Å²) in [5, 5.41) is 3.48. The Morgan fingerprint density at radius 2 is 2.28 bits per heavy atom. The maximum Gasteiger partial charge on any atom is 0.0995 e. The molecule has 0 radical (unpaired) electrons. The molecule has 0 aliphatic carbocycles. The number of rotatable bonds is 5. The zero-order valence-electron chi connectivity index (χ0n) is 9.99. The van der Waals surface area contributed by atoms with Gasteiger partial charge in [0.15, 0.2) is 0 Å². The maximum absolute atomic E-state index is 6.24. The van der Waals surface area contributed by atoms with E-state index in [1.807, 2.05) is 24.4 Å². The van der Waals surface area contributed by atoms with Crippen molar-refractivity contribution in [1.29, 1.82) is 0 Å². The molecule has 0 aliphatic heterocycles. The van der Waals surface area contributed by atoms with Gasteiger partial charge in [-0.05, 0) is 30.7 Å². The minimum atomic E-state index is 0.0508. The van der Waals surface area contributed by atoms with Crippen LogP contribution in [0.4, 0.5) is 0 Å². The van der Waals surface area contributed by atoms with Gasteiger partial charge >= 0.3 is 0 Å². The summed E-state index contributed by atoms with van der Waals surface area (Å²) in [6, 6.07) is 5.95. The van der Waals surface area contributed by atoms with Crippen LogP contribution in [-0.4, -0.2) is 11.5 Å². The molecule has 0 saturated carbocycles. The van der Waals surface area contributed by atoms with Gasteiger partial charge in [0.25, 0.3) is 0 Å². The predicted octanol–water partition coefficient (Wildman–Crippen LogP) is 4.54. The summed E-state index contributed by atoms with van der Waals surface area (Å²) in [6.45, 7) is 3.05. The minimum absolute atomic E-state index is 0.0508. The van der Waals surface area contributed by atoms with Crippen molar-refractivity contribution in [1.82, 2.24) is 10.3 Å². The zero-order valence-corrected chi connectivity index (χ0v) is 12.3. The molecule has 0 spiro atoms. The Balaban J connectivity index is 2.34. The van der Waals surface area contributed by atoms with E-state index in [0.29, 0.717) is 4.34 Å². The molecule has 0 fully saturated rings. The highest BCUT2D eigenvalue weighted by atomic mass is 35.5. The molecular weight excluding hydrogens is 287 g/mol. The lowest BCUT2D eigenvalue weighted by molar-refractivity contribution is 0.598. The van der Waals surface area contributed by atoms with Gasteiger partial charge in [0.05, 0.1) is 14.7 Å². The molecule has 0 aromatic carbocycles. The summed E-state index contributed by atoms with van der Waals surface area (Å²) < 4.78 is 1.44. The van der Waals surface area contributed by atoms with Gasteiger partial charge in [0, 0.05) is 18.0 Å². The van der Waals surface area contributed by atoms with Crippen LogP contribution in [0, 0.1) is 0 Å². The Kier molecular flexibility index (Phi) is 5.01. The predicted molar refractivity (Wildman–Crippen MR) is 78.7 cm³/mol. The van der Waals surface area contributed by atoms with Gasteiger partial charge in [0.1, 0.15) is 0 Å². The molecule has 2 aromatic rings. The van der Waals surface area contributed by atoms with Crippen LogP contribution in [0.25, 0.3) is 0 Å².